The molecule has 17 heavy (non-hydrogen) atoms. The molecule has 0 atom stereocenters. The van der Waals surface area contributed by atoms with Crippen LogP contribution in [0.3, 0.4) is 0 Å². The molecule has 0 spiro atoms. The van der Waals surface area contributed by atoms with Gasteiger partial charge in [0.25, 0.3) is 0 Å². The van der Waals surface area contributed by atoms with E-state index in [-0.39, 0.29) is 5.78 Å². The summed E-state index contributed by atoms with van der Waals surface area (Å²) in [6.07, 6.45) is 0. The molecule has 2 N–H and O–H groups in total. The van der Waals surface area contributed by atoms with Gasteiger partial charge < -0.3 is 5.73 Å². The lowest BCUT2D eigenvalue weighted by atomic mass is 10.0. The minimum absolute atomic E-state index is 0.0445. The number of nitrogens with zero attached hydrogens (tertiary/aromatic N) is 1. The predicted molar refractivity (Wildman–Crippen MR) is 71.7 cm³/mol. The molecule has 2 heterocycles. The van der Waals surface area contributed by atoms with Crippen molar-refractivity contribution in [1.82, 2.24) is 4.98 Å². The molecule has 86 valence electrons. The van der Waals surface area contributed by atoms with E-state index in [0.29, 0.717) is 27.4 Å². The van der Waals surface area contributed by atoms with Gasteiger partial charge in [-0.15, -0.1) is 11.8 Å². The van der Waals surface area contributed by atoms with Crippen LogP contribution in [0.5, 0.6) is 0 Å². The number of ketones is 1. The highest BCUT2D eigenvalue weighted by atomic mass is 35.5. The monoisotopic (exact) mass is 264 g/mol. The lowest BCUT2D eigenvalue weighted by Gasteiger charge is -2.17. The van der Waals surface area contributed by atoms with E-state index >= 15 is 0 Å². The highest BCUT2D eigenvalue weighted by Gasteiger charge is 2.24. The van der Waals surface area contributed by atoms with Gasteiger partial charge in [0.15, 0.2) is 5.78 Å². The number of rotatable bonds is 0. The second-order valence-electron chi connectivity index (χ2n) is 3.90. The zero-order valence-corrected chi connectivity index (χ0v) is 10.4. The van der Waals surface area contributed by atoms with Crippen LogP contribution >= 0.6 is 23.4 Å². The summed E-state index contributed by atoms with van der Waals surface area (Å²) in [5.41, 5.74) is 8.64. The molecule has 0 unspecified atom stereocenters. The number of hydrogen-bond donors (Lipinski definition) is 1. The van der Waals surface area contributed by atoms with Crippen LogP contribution in [-0.4, -0.2) is 16.5 Å². The minimum Gasteiger partial charge on any atom is -0.397 e. The van der Waals surface area contributed by atoms with Crippen LogP contribution < -0.4 is 5.73 Å². The van der Waals surface area contributed by atoms with E-state index < -0.39 is 0 Å². The molecule has 0 saturated heterocycles. The fourth-order valence-corrected chi connectivity index (χ4v) is 3.19. The van der Waals surface area contributed by atoms with Gasteiger partial charge in [-0.05, 0) is 12.1 Å². The topological polar surface area (TPSA) is 56.0 Å². The van der Waals surface area contributed by atoms with Crippen LogP contribution in [-0.2, 0) is 5.75 Å². The third-order valence-electron chi connectivity index (χ3n) is 2.83. The maximum Gasteiger partial charge on any atom is 0.176 e. The summed E-state index contributed by atoms with van der Waals surface area (Å²) in [5.74, 6) is 1.24. The highest BCUT2D eigenvalue weighted by molar-refractivity contribution is 7.99. The number of Topliss-reactive ketones (excluding diaryl/α,β-unsaturated/α-hetero) is 1. The number of nitrogen functional groups attached to an aromatic ring is 1. The van der Waals surface area contributed by atoms with Crippen LogP contribution in [0, 0.1) is 0 Å². The molecular weight excluding hydrogens is 256 g/mol. The number of anilines is 1. The van der Waals surface area contributed by atoms with Crippen LogP contribution in [0.1, 0.15) is 16.1 Å². The van der Waals surface area contributed by atoms with E-state index in [1.165, 1.54) is 0 Å². The Hall–Kier alpha value is -1.26. The van der Waals surface area contributed by atoms with E-state index in [9.17, 15) is 4.79 Å². The maximum absolute atomic E-state index is 11.9. The number of benzene rings is 1. The summed E-state index contributed by atoms with van der Waals surface area (Å²) in [6, 6.07) is 5.46. The Labute approximate surface area is 107 Å². The fourth-order valence-electron chi connectivity index (χ4n) is 2.08. The second kappa shape index (κ2) is 3.89. The van der Waals surface area contributed by atoms with Gasteiger partial charge in [0.05, 0.1) is 33.2 Å². The first kappa shape index (κ1) is 10.9. The first-order chi connectivity index (χ1) is 8.18. The normalized spacial score (nSPS) is 15.0. The van der Waals surface area contributed by atoms with Gasteiger partial charge in [0.2, 0.25) is 0 Å². The van der Waals surface area contributed by atoms with Gasteiger partial charge >= 0.3 is 0 Å². The summed E-state index contributed by atoms with van der Waals surface area (Å²) in [7, 11) is 0. The zero-order valence-electron chi connectivity index (χ0n) is 8.87. The molecule has 1 aromatic carbocycles. The number of hydrogen-bond acceptors (Lipinski definition) is 4. The van der Waals surface area contributed by atoms with Crippen LogP contribution in [0.2, 0.25) is 5.02 Å². The van der Waals surface area contributed by atoms with Crippen LogP contribution in [0.4, 0.5) is 5.69 Å². The first-order valence-electron chi connectivity index (χ1n) is 5.16. The van der Waals surface area contributed by atoms with Gasteiger partial charge in [0.1, 0.15) is 0 Å². The zero-order chi connectivity index (χ0) is 12.0. The lowest BCUT2D eigenvalue weighted by Crippen LogP contribution is -2.16. The van der Waals surface area contributed by atoms with E-state index in [4.69, 9.17) is 17.3 Å². The summed E-state index contributed by atoms with van der Waals surface area (Å²) in [5, 5.41) is 1.23. The number of carbonyl (C=O) groups excluding carboxylic acids is 1. The van der Waals surface area contributed by atoms with E-state index in [0.717, 1.165) is 17.0 Å². The molecule has 0 aliphatic carbocycles. The van der Waals surface area contributed by atoms with E-state index in [1.807, 2.05) is 12.1 Å². The largest absolute Gasteiger partial charge is 0.397 e. The molecular formula is C12H9ClN2OS. The molecule has 1 aromatic heterocycles. The van der Waals surface area contributed by atoms with Crippen molar-refractivity contribution >= 4 is 45.7 Å². The molecule has 0 amide bonds. The van der Waals surface area contributed by atoms with Gasteiger partial charge in [-0.2, -0.15) is 0 Å². The van der Waals surface area contributed by atoms with E-state index in [2.05, 4.69) is 4.98 Å². The van der Waals surface area contributed by atoms with E-state index in [1.54, 1.807) is 17.8 Å². The number of fused-ring (bicyclic) bond motifs is 2. The van der Waals surface area contributed by atoms with Gasteiger partial charge in [-0.3, -0.25) is 9.78 Å². The highest BCUT2D eigenvalue weighted by Crippen LogP contribution is 2.35. The Morgan fingerprint density at radius 2 is 2.18 bits per heavy atom. The Morgan fingerprint density at radius 1 is 1.35 bits per heavy atom. The summed E-state index contributed by atoms with van der Waals surface area (Å²) < 4.78 is 0. The quantitative estimate of drug-likeness (QED) is 0.795. The Kier molecular flexibility index (Phi) is 2.49. The van der Waals surface area contributed by atoms with Gasteiger partial charge in [0, 0.05) is 11.1 Å². The maximum atomic E-state index is 11.9. The molecule has 0 fully saturated rings. The van der Waals surface area contributed by atoms with Crippen molar-refractivity contribution in [1.29, 1.82) is 0 Å². The number of carbonyl (C=O) groups is 1. The number of aromatic nitrogens is 1. The van der Waals surface area contributed by atoms with Gasteiger partial charge in [-0.25, -0.2) is 0 Å². The molecule has 1 aliphatic heterocycles. The third kappa shape index (κ3) is 1.59. The molecule has 3 rings (SSSR count). The van der Waals surface area contributed by atoms with Crippen molar-refractivity contribution in [3.63, 3.8) is 0 Å². The molecule has 0 saturated carbocycles. The van der Waals surface area contributed by atoms with Crippen molar-refractivity contribution in [2.24, 2.45) is 0 Å². The van der Waals surface area contributed by atoms with Crippen molar-refractivity contribution in [3.8, 4) is 0 Å². The number of pyridine rings is 1. The Morgan fingerprint density at radius 3 is 3.00 bits per heavy atom. The first-order valence-corrected chi connectivity index (χ1v) is 6.69. The van der Waals surface area contributed by atoms with Crippen LogP contribution in [0.25, 0.3) is 10.9 Å². The summed E-state index contributed by atoms with van der Waals surface area (Å²) in [4.78, 5) is 16.4. The van der Waals surface area contributed by atoms with Crippen molar-refractivity contribution < 1.29 is 4.79 Å². The average Bonchev–Trinajstić information content (AvgIpc) is 2.28. The molecule has 1 aliphatic rings. The standard InChI is InChI=1S/C12H9ClN2OS/c13-6-2-1-3-7-10(6)12(14)11-8(15-7)4-17-5-9(11)16/h1-3H,4-5H2,(H2,14,15). The molecule has 0 bridgehead atoms. The Bertz CT molecular complexity index is 642. The van der Waals surface area contributed by atoms with Crippen molar-refractivity contribution in [2.75, 3.05) is 11.5 Å². The smallest absolute Gasteiger partial charge is 0.176 e. The molecule has 3 nitrogen and oxygen atoms in total. The van der Waals surface area contributed by atoms with Crippen molar-refractivity contribution in [3.05, 3.63) is 34.5 Å². The predicted octanol–water partition coefficient (Wildman–Crippen LogP) is 2.90. The number of halogens is 1. The molecule has 0 radical (unpaired) electrons. The number of nitrogens with two attached hydrogens (primary N) is 1. The fraction of sp³-hybridized carbons (Fsp3) is 0.167. The summed E-state index contributed by atoms with van der Waals surface area (Å²) in [6.45, 7) is 0. The molecule has 5 heteroatoms. The molecule has 2 aromatic rings. The summed E-state index contributed by atoms with van der Waals surface area (Å²) >= 11 is 7.68. The third-order valence-corrected chi connectivity index (χ3v) is 4.08. The second-order valence-corrected chi connectivity index (χ2v) is 5.29. The van der Waals surface area contributed by atoms with Crippen LogP contribution in [0.15, 0.2) is 18.2 Å². The van der Waals surface area contributed by atoms with Gasteiger partial charge in [-0.1, -0.05) is 17.7 Å². The lowest BCUT2D eigenvalue weighted by molar-refractivity contribution is 0.102. The Balaban J connectivity index is 2.44. The number of thioether (sulfide) groups is 1. The minimum atomic E-state index is 0.0445. The average molecular weight is 265 g/mol. The SMILES string of the molecule is Nc1c2c(nc3cccc(Cl)c13)CSCC2=O. The van der Waals surface area contributed by atoms with Crippen molar-refractivity contribution in [2.45, 2.75) is 5.75 Å².